The number of carbonyl (C=O) groups excluding carboxylic acids is 1. The minimum atomic E-state index is -0.0997. The van der Waals surface area contributed by atoms with Crippen LogP contribution in [0.5, 0.6) is 6.01 Å². The quantitative estimate of drug-likeness (QED) is 0.852. The number of rotatable bonds is 3. The Kier molecular flexibility index (Phi) is 3.62. The topological polar surface area (TPSA) is 68.5 Å². The van der Waals surface area contributed by atoms with Gasteiger partial charge in [-0.25, -0.2) is 9.97 Å². The molecule has 1 amide bonds. The van der Waals surface area contributed by atoms with Gasteiger partial charge in [-0.3, -0.25) is 4.79 Å². The fourth-order valence-corrected chi connectivity index (χ4v) is 2.27. The number of piperidine rings is 1. The van der Waals surface area contributed by atoms with E-state index in [2.05, 4.69) is 9.97 Å². The Morgan fingerprint density at radius 1 is 1.35 bits per heavy atom. The van der Waals surface area contributed by atoms with E-state index < -0.39 is 0 Å². The van der Waals surface area contributed by atoms with E-state index in [0.29, 0.717) is 18.3 Å². The predicted octanol–water partition coefficient (Wildman–Crippen LogP) is 1.75. The van der Waals surface area contributed by atoms with Crippen molar-refractivity contribution in [2.45, 2.75) is 18.9 Å². The van der Waals surface area contributed by atoms with E-state index in [-0.39, 0.29) is 12.0 Å². The highest BCUT2D eigenvalue weighted by Gasteiger charge is 2.27. The summed E-state index contributed by atoms with van der Waals surface area (Å²) in [5.74, 6) is 0.263. The minimum Gasteiger partial charge on any atom is -0.459 e. The summed E-state index contributed by atoms with van der Waals surface area (Å²) in [4.78, 5) is 22.0. The van der Waals surface area contributed by atoms with Gasteiger partial charge in [0.1, 0.15) is 6.10 Å². The zero-order valence-corrected chi connectivity index (χ0v) is 10.9. The number of amides is 1. The molecule has 6 heteroatoms. The molecule has 0 aromatic carbocycles. The molecule has 0 saturated carbocycles. The van der Waals surface area contributed by atoms with Gasteiger partial charge >= 0.3 is 6.01 Å². The lowest BCUT2D eigenvalue weighted by Crippen LogP contribution is -2.44. The van der Waals surface area contributed by atoms with Crippen molar-refractivity contribution < 1.29 is 13.9 Å². The van der Waals surface area contributed by atoms with Gasteiger partial charge in [-0.1, -0.05) is 0 Å². The van der Waals surface area contributed by atoms with Gasteiger partial charge in [-0.05, 0) is 31.0 Å². The summed E-state index contributed by atoms with van der Waals surface area (Å²) >= 11 is 0. The molecule has 104 valence electrons. The van der Waals surface area contributed by atoms with Gasteiger partial charge in [-0.15, -0.1) is 0 Å². The molecule has 1 aliphatic rings. The third kappa shape index (κ3) is 2.79. The van der Waals surface area contributed by atoms with Crippen LogP contribution in [-0.4, -0.2) is 40.0 Å². The highest BCUT2D eigenvalue weighted by atomic mass is 16.5. The van der Waals surface area contributed by atoms with Crippen LogP contribution in [0.2, 0.25) is 0 Å². The Labute approximate surface area is 116 Å². The minimum absolute atomic E-state index is 0.0786. The lowest BCUT2D eigenvalue weighted by atomic mass is 10.1. The van der Waals surface area contributed by atoms with E-state index in [1.807, 2.05) is 0 Å². The maximum Gasteiger partial charge on any atom is 0.316 e. The maximum absolute atomic E-state index is 12.2. The van der Waals surface area contributed by atoms with E-state index in [0.717, 1.165) is 19.4 Å². The number of hydrogen-bond acceptors (Lipinski definition) is 5. The fourth-order valence-electron chi connectivity index (χ4n) is 2.27. The number of nitrogens with zero attached hydrogens (tertiary/aromatic N) is 3. The molecule has 3 rings (SSSR count). The van der Waals surface area contributed by atoms with Gasteiger partial charge in [0, 0.05) is 18.9 Å². The van der Waals surface area contributed by atoms with Crippen LogP contribution in [0.4, 0.5) is 0 Å². The van der Waals surface area contributed by atoms with Crippen LogP contribution in [0.25, 0.3) is 0 Å². The van der Waals surface area contributed by atoms with E-state index in [4.69, 9.17) is 9.15 Å². The first-order valence-corrected chi connectivity index (χ1v) is 6.59. The van der Waals surface area contributed by atoms with Crippen LogP contribution in [0, 0.1) is 0 Å². The third-order valence-corrected chi connectivity index (χ3v) is 3.21. The summed E-state index contributed by atoms with van der Waals surface area (Å²) in [6.07, 6.45) is 6.48. The third-order valence-electron chi connectivity index (χ3n) is 3.21. The highest BCUT2D eigenvalue weighted by Crippen LogP contribution is 2.17. The summed E-state index contributed by atoms with van der Waals surface area (Å²) in [5, 5.41) is 0. The summed E-state index contributed by atoms with van der Waals surface area (Å²) in [6.45, 7) is 1.24. The summed E-state index contributed by atoms with van der Waals surface area (Å²) in [5.41, 5.74) is 0. The molecule has 3 heterocycles. The average Bonchev–Trinajstić information content (AvgIpc) is 3.02. The highest BCUT2D eigenvalue weighted by molar-refractivity contribution is 5.91. The molecule has 0 aliphatic carbocycles. The zero-order chi connectivity index (χ0) is 13.8. The molecule has 1 atom stereocenters. The van der Waals surface area contributed by atoms with Crippen molar-refractivity contribution >= 4 is 5.91 Å². The Morgan fingerprint density at radius 2 is 2.20 bits per heavy atom. The van der Waals surface area contributed by atoms with Crippen LogP contribution in [0.15, 0.2) is 41.3 Å². The molecular weight excluding hydrogens is 258 g/mol. The number of hydrogen-bond donors (Lipinski definition) is 0. The standard InChI is InChI=1S/C14H15N3O3/c18-13(12-5-2-9-19-12)17-8-1-4-11(10-17)20-14-15-6-3-7-16-14/h2-3,5-7,9,11H,1,4,8,10H2/t11-/m1/s1. The van der Waals surface area contributed by atoms with Crippen molar-refractivity contribution in [2.24, 2.45) is 0 Å². The van der Waals surface area contributed by atoms with Crippen LogP contribution < -0.4 is 4.74 Å². The smallest absolute Gasteiger partial charge is 0.316 e. The van der Waals surface area contributed by atoms with Gasteiger partial charge in [0.05, 0.1) is 12.8 Å². The summed E-state index contributed by atoms with van der Waals surface area (Å²) < 4.78 is 10.9. The average molecular weight is 273 g/mol. The second-order valence-corrected chi connectivity index (χ2v) is 4.64. The van der Waals surface area contributed by atoms with Crippen molar-refractivity contribution in [3.63, 3.8) is 0 Å². The van der Waals surface area contributed by atoms with Gasteiger partial charge in [0.25, 0.3) is 5.91 Å². The van der Waals surface area contributed by atoms with Gasteiger partial charge < -0.3 is 14.1 Å². The molecule has 20 heavy (non-hydrogen) atoms. The number of ether oxygens (including phenoxy) is 1. The second kappa shape index (κ2) is 5.73. The predicted molar refractivity (Wildman–Crippen MR) is 70.3 cm³/mol. The zero-order valence-electron chi connectivity index (χ0n) is 10.9. The SMILES string of the molecule is O=C(c1ccco1)N1CCC[C@@H](Oc2ncccn2)C1. The van der Waals surface area contributed by atoms with Crippen molar-refractivity contribution in [2.75, 3.05) is 13.1 Å². The lowest BCUT2D eigenvalue weighted by Gasteiger charge is -2.31. The Balaban J connectivity index is 1.63. The molecule has 2 aromatic rings. The number of carbonyl (C=O) groups is 1. The van der Waals surface area contributed by atoms with E-state index in [9.17, 15) is 4.79 Å². The molecule has 2 aromatic heterocycles. The molecule has 0 unspecified atom stereocenters. The van der Waals surface area contributed by atoms with Gasteiger partial charge in [0.2, 0.25) is 0 Å². The number of furan rings is 1. The maximum atomic E-state index is 12.2. The van der Waals surface area contributed by atoms with E-state index >= 15 is 0 Å². The van der Waals surface area contributed by atoms with Crippen LogP contribution in [-0.2, 0) is 0 Å². The van der Waals surface area contributed by atoms with Crippen LogP contribution in [0.1, 0.15) is 23.4 Å². The summed E-state index contributed by atoms with van der Waals surface area (Å²) in [7, 11) is 0. The molecule has 0 radical (unpaired) electrons. The molecule has 0 spiro atoms. The molecule has 1 saturated heterocycles. The molecule has 0 N–H and O–H groups in total. The Bertz CT molecular complexity index is 556. The Morgan fingerprint density at radius 3 is 2.95 bits per heavy atom. The van der Waals surface area contributed by atoms with Crippen molar-refractivity contribution in [3.05, 3.63) is 42.6 Å². The largest absolute Gasteiger partial charge is 0.459 e. The summed E-state index contributed by atoms with van der Waals surface area (Å²) in [6, 6.07) is 5.47. The number of aromatic nitrogens is 2. The van der Waals surface area contributed by atoms with E-state index in [1.165, 1.54) is 6.26 Å². The van der Waals surface area contributed by atoms with Gasteiger partial charge in [-0.2, -0.15) is 0 Å². The van der Waals surface area contributed by atoms with Crippen LogP contribution in [0.3, 0.4) is 0 Å². The van der Waals surface area contributed by atoms with Crippen LogP contribution >= 0.6 is 0 Å². The molecule has 0 bridgehead atoms. The van der Waals surface area contributed by atoms with Crippen molar-refractivity contribution in [1.82, 2.24) is 14.9 Å². The van der Waals surface area contributed by atoms with Gasteiger partial charge in [0.15, 0.2) is 5.76 Å². The Hall–Kier alpha value is -2.37. The first kappa shape index (κ1) is 12.7. The normalized spacial score (nSPS) is 18.8. The first-order valence-electron chi connectivity index (χ1n) is 6.59. The molecule has 6 nitrogen and oxygen atoms in total. The molecular formula is C14H15N3O3. The first-order chi connectivity index (χ1) is 9.83. The lowest BCUT2D eigenvalue weighted by molar-refractivity contribution is 0.0489. The monoisotopic (exact) mass is 273 g/mol. The molecule has 1 fully saturated rings. The molecule has 1 aliphatic heterocycles. The van der Waals surface area contributed by atoms with E-state index in [1.54, 1.807) is 35.5 Å². The van der Waals surface area contributed by atoms with Crippen molar-refractivity contribution in [3.8, 4) is 6.01 Å². The fraction of sp³-hybridized carbons (Fsp3) is 0.357. The number of likely N-dealkylation sites (tertiary alicyclic amines) is 1. The van der Waals surface area contributed by atoms with Crippen molar-refractivity contribution in [1.29, 1.82) is 0 Å². The second-order valence-electron chi connectivity index (χ2n) is 4.64.